The summed E-state index contributed by atoms with van der Waals surface area (Å²) in [6, 6.07) is 0.227. The van der Waals surface area contributed by atoms with E-state index in [1.54, 1.807) is 14.1 Å². The predicted octanol–water partition coefficient (Wildman–Crippen LogP) is -0.0627. The molecule has 3 nitrogen and oxygen atoms in total. The highest BCUT2D eigenvalue weighted by Gasteiger charge is 2.24. The zero-order valence-corrected chi connectivity index (χ0v) is 6.00. The molecule has 3 heteroatoms. The van der Waals surface area contributed by atoms with Crippen molar-refractivity contribution >= 4 is 0 Å². The van der Waals surface area contributed by atoms with Crippen molar-refractivity contribution in [2.75, 3.05) is 27.2 Å². The number of likely N-dealkylation sites (N-methyl/N-ethyl adjacent to an activating group) is 1. The van der Waals surface area contributed by atoms with Gasteiger partial charge in [-0.3, -0.25) is 0 Å². The van der Waals surface area contributed by atoms with Gasteiger partial charge in [-0.25, -0.2) is 5.32 Å². The van der Waals surface area contributed by atoms with E-state index in [4.69, 9.17) is 0 Å². The Balaban J connectivity index is 2.42. The summed E-state index contributed by atoms with van der Waals surface area (Å²) >= 11 is 0. The van der Waals surface area contributed by atoms with E-state index >= 15 is 0 Å². The predicted molar refractivity (Wildman–Crippen MR) is 35.7 cm³/mol. The first-order chi connectivity index (χ1) is 4.11. The third kappa shape index (κ3) is 1.64. The molecule has 1 fully saturated rings. The van der Waals surface area contributed by atoms with E-state index in [1.165, 1.54) is 0 Å². The lowest BCUT2D eigenvalue weighted by atomic mass is 10.2. The highest BCUT2D eigenvalue weighted by Crippen LogP contribution is 2.11. The van der Waals surface area contributed by atoms with Crippen LogP contribution >= 0.6 is 0 Å². The van der Waals surface area contributed by atoms with Crippen LogP contribution in [-0.2, 0) is 0 Å². The van der Waals surface area contributed by atoms with Crippen LogP contribution in [0, 0.1) is 5.21 Å². The maximum absolute atomic E-state index is 11.2. The molecule has 1 unspecified atom stereocenters. The van der Waals surface area contributed by atoms with Gasteiger partial charge in [0.2, 0.25) is 0 Å². The molecule has 1 aliphatic heterocycles. The average molecular weight is 129 g/mol. The second-order valence-electron chi connectivity index (χ2n) is 3.01. The first-order valence-corrected chi connectivity index (χ1v) is 3.28. The Bertz CT molecular complexity index is 91.7. The van der Waals surface area contributed by atoms with Crippen molar-refractivity contribution in [3.8, 4) is 0 Å². The highest BCUT2D eigenvalue weighted by molar-refractivity contribution is 4.70. The molecule has 1 heterocycles. The third-order valence-corrected chi connectivity index (χ3v) is 1.84. The number of rotatable bonds is 1. The van der Waals surface area contributed by atoms with Crippen LogP contribution in [0.25, 0.3) is 0 Å². The van der Waals surface area contributed by atoms with Gasteiger partial charge in [0.15, 0.2) is 0 Å². The number of hydroxylamine groups is 3. The van der Waals surface area contributed by atoms with Gasteiger partial charge in [0.1, 0.15) is 6.04 Å². The quantitative estimate of drug-likeness (QED) is 0.361. The molecule has 1 atom stereocenters. The molecule has 0 aromatic carbocycles. The minimum absolute atomic E-state index is 0.177. The van der Waals surface area contributed by atoms with Crippen molar-refractivity contribution in [2.24, 2.45) is 0 Å². The van der Waals surface area contributed by atoms with Crippen molar-refractivity contribution in [1.82, 2.24) is 5.32 Å². The summed E-state index contributed by atoms with van der Waals surface area (Å²) in [6.07, 6.45) is 0.969. The largest absolute Gasteiger partial charge is 0.633 e. The van der Waals surface area contributed by atoms with Crippen molar-refractivity contribution < 1.29 is 4.65 Å². The minimum Gasteiger partial charge on any atom is -0.633 e. The molecule has 1 rings (SSSR count). The molecule has 0 aromatic rings. The molecular formula is C6H13N2O. The van der Waals surface area contributed by atoms with Gasteiger partial charge < -0.3 is 9.85 Å². The molecule has 0 aliphatic carbocycles. The lowest BCUT2D eigenvalue weighted by Gasteiger charge is -2.39. The molecule has 1 aliphatic rings. The Kier molecular flexibility index (Phi) is 1.75. The van der Waals surface area contributed by atoms with Crippen molar-refractivity contribution in [2.45, 2.75) is 12.5 Å². The van der Waals surface area contributed by atoms with Gasteiger partial charge in [-0.2, -0.15) is 0 Å². The normalized spacial score (nSPS) is 29.0. The lowest BCUT2D eigenvalue weighted by Crippen LogP contribution is -2.44. The summed E-state index contributed by atoms with van der Waals surface area (Å²) in [5.74, 6) is 0. The van der Waals surface area contributed by atoms with Crippen LogP contribution in [0.4, 0.5) is 0 Å². The topological polar surface area (TPSA) is 37.2 Å². The summed E-state index contributed by atoms with van der Waals surface area (Å²) < 4.78 is -0.177. The molecule has 53 valence electrons. The zero-order valence-electron chi connectivity index (χ0n) is 6.00. The van der Waals surface area contributed by atoms with Crippen LogP contribution in [0.3, 0.4) is 0 Å². The lowest BCUT2D eigenvalue weighted by molar-refractivity contribution is -0.864. The maximum atomic E-state index is 11.2. The minimum atomic E-state index is -0.177. The SMILES string of the molecule is C[N+](C)([O-])C1CC[N]C1. The van der Waals surface area contributed by atoms with Gasteiger partial charge in [-0.15, -0.1) is 0 Å². The molecule has 0 spiro atoms. The number of hydrogen-bond acceptors (Lipinski definition) is 1. The molecular weight excluding hydrogens is 116 g/mol. The first-order valence-electron chi connectivity index (χ1n) is 3.28. The molecule has 0 bridgehead atoms. The standard InChI is InChI=1S/C6H13N2O/c1-8(2,9)6-3-4-7-5-6/h6H,3-5H2,1-2H3. The van der Waals surface area contributed by atoms with E-state index in [-0.39, 0.29) is 10.7 Å². The van der Waals surface area contributed by atoms with Crippen LogP contribution < -0.4 is 5.32 Å². The second-order valence-corrected chi connectivity index (χ2v) is 3.01. The number of hydrogen-bond donors (Lipinski definition) is 0. The fraction of sp³-hybridized carbons (Fsp3) is 1.00. The van der Waals surface area contributed by atoms with Gasteiger partial charge in [-0.05, 0) is 0 Å². The maximum Gasteiger partial charge on any atom is 0.104 e. The van der Waals surface area contributed by atoms with Gasteiger partial charge in [0.05, 0.1) is 20.6 Å². The molecule has 0 saturated carbocycles. The fourth-order valence-corrected chi connectivity index (χ4v) is 1.08. The van der Waals surface area contributed by atoms with E-state index in [1.807, 2.05) is 0 Å². The Morgan fingerprint density at radius 2 is 2.22 bits per heavy atom. The molecule has 0 amide bonds. The van der Waals surface area contributed by atoms with E-state index < -0.39 is 0 Å². The summed E-state index contributed by atoms with van der Waals surface area (Å²) in [4.78, 5) is 0. The third-order valence-electron chi connectivity index (χ3n) is 1.84. The van der Waals surface area contributed by atoms with Crippen molar-refractivity contribution in [3.63, 3.8) is 0 Å². The Morgan fingerprint density at radius 1 is 1.56 bits per heavy atom. The van der Waals surface area contributed by atoms with Crippen molar-refractivity contribution in [1.29, 1.82) is 0 Å². The van der Waals surface area contributed by atoms with Crippen LogP contribution in [0.2, 0.25) is 0 Å². The fourth-order valence-electron chi connectivity index (χ4n) is 1.08. The smallest absolute Gasteiger partial charge is 0.104 e. The van der Waals surface area contributed by atoms with Gasteiger partial charge in [-0.1, -0.05) is 0 Å². The molecule has 9 heavy (non-hydrogen) atoms. The Labute approximate surface area is 55.8 Å². The molecule has 1 saturated heterocycles. The monoisotopic (exact) mass is 129 g/mol. The summed E-state index contributed by atoms with van der Waals surface area (Å²) in [5.41, 5.74) is 0. The number of nitrogens with zero attached hydrogens (tertiary/aromatic N) is 2. The molecule has 0 N–H and O–H groups in total. The first kappa shape index (κ1) is 6.99. The van der Waals surface area contributed by atoms with Gasteiger partial charge in [0.25, 0.3) is 0 Å². The Hall–Kier alpha value is -0.120. The average Bonchev–Trinajstić information content (AvgIpc) is 2.08. The van der Waals surface area contributed by atoms with Crippen molar-refractivity contribution in [3.05, 3.63) is 5.21 Å². The van der Waals surface area contributed by atoms with Crippen LogP contribution in [0.1, 0.15) is 6.42 Å². The van der Waals surface area contributed by atoms with Crippen LogP contribution in [-0.4, -0.2) is 37.9 Å². The number of quaternary nitrogens is 1. The molecule has 0 aromatic heterocycles. The van der Waals surface area contributed by atoms with Crippen LogP contribution in [0.15, 0.2) is 0 Å². The highest BCUT2D eigenvalue weighted by atomic mass is 16.5. The van der Waals surface area contributed by atoms with E-state index in [9.17, 15) is 5.21 Å². The summed E-state index contributed by atoms with van der Waals surface area (Å²) in [5, 5.41) is 15.3. The van der Waals surface area contributed by atoms with E-state index in [0.29, 0.717) is 0 Å². The Morgan fingerprint density at radius 3 is 2.44 bits per heavy atom. The zero-order chi connectivity index (χ0) is 6.91. The summed E-state index contributed by atoms with van der Waals surface area (Å²) in [6.45, 7) is 1.64. The van der Waals surface area contributed by atoms with Crippen LogP contribution in [0.5, 0.6) is 0 Å². The van der Waals surface area contributed by atoms with Gasteiger partial charge in [0, 0.05) is 13.0 Å². The second kappa shape index (κ2) is 2.25. The van der Waals surface area contributed by atoms with E-state index in [0.717, 1.165) is 19.5 Å². The summed E-state index contributed by atoms with van der Waals surface area (Å²) in [7, 11) is 3.37. The van der Waals surface area contributed by atoms with Gasteiger partial charge >= 0.3 is 0 Å². The molecule has 1 radical (unpaired) electrons. The van der Waals surface area contributed by atoms with E-state index in [2.05, 4.69) is 5.32 Å².